The smallest absolute Gasteiger partial charge is 0.115 e. The number of aliphatic hydroxyl groups is 2. The van der Waals surface area contributed by atoms with Crippen molar-refractivity contribution < 1.29 is 15.3 Å². The van der Waals surface area contributed by atoms with Gasteiger partial charge in [0.05, 0.1) is 12.7 Å². The summed E-state index contributed by atoms with van der Waals surface area (Å²) in [6, 6.07) is 6.89. The van der Waals surface area contributed by atoms with E-state index in [2.05, 4.69) is 5.32 Å². The molecule has 1 rings (SSSR count). The predicted molar refractivity (Wildman–Crippen MR) is 52.9 cm³/mol. The first-order chi connectivity index (χ1) is 6.72. The molecule has 0 saturated heterocycles. The normalized spacial score (nSPS) is 12.7. The summed E-state index contributed by atoms with van der Waals surface area (Å²) in [4.78, 5) is 0. The zero-order chi connectivity index (χ0) is 10.4. The van der Waals surface area contributed by atoms with Crippen LogP contribution in [0.4, 0.5) is 0 Å². The highest BCUT2D eigenvalue weighted by Gasteiger charge is 2.00. The summed E-state index contributed by atoms with van der Waals surface area (Å²) in [7, 11) is 0. The Hall–Kier alpha value is -1.10. The summed E-state index contributed by atoms with van der Waals surface area (Å²) in [6.45, 7) is 0.657. The van der Waals surface area contributed by atoms with Crippen molar-refractivity contribution in [3.8, 4) is 5.75 Å². The molecule has 14 heavy (non-hydrogen) atoms. The van der Waals surface area contributed by atoms with Gasteiger partial charge in [-0.25, -0.2) is 0 Å². The van der Waals surface area contributed by atoms with Crippen LogP contribution in [-0.2, 0) is 6.54 Å². The number of aromatic hydroxyl groups is 1. The second kappa shape index (κ2) is 5.59. The Morgan fingerprint density at radius 3 is 2.79 bits per heavy atom. The predicted octanol–water partition coefficient (Wildman–Crippen LogP) is -0.165. The maximum atomic E-state index is 9.15. The Labute approximate surface area is 82.8 Å². The SMILES string of the molecule is OC[C@H](O)CNCc1cccc(O)c1. The lowest BCUT2D eigenvalue weighted by molar-refractivity contribution is 0.0942. The molecule has 0 aliphatic rings. The van der Waals surface area contributed by atoms with Crippen LogP contribution >= 0.6 is 0 Å². The molecule has 78 valence electrons. The summed E-state index contributed by atoms with van der Waals surface area (Å²) in [5.74, 6) is 0.229. The topological polar surface area (TPSA) is 72.7 Å². The Balaban J connectivity index is 2.31. The minimum absolute atomic E-state index is 0.229. The van der Waals surface area contributed by atoms with Crippen molar-refractivity contribution in [1.82, 2.24) is 5.32 Å². The zero-order valence-electron chi connectivity index (χ0n) is 7.85. The molecule has 0 bridgehead atoms. The Morgan fingerprint density at radius 2 is 2.14 bits per heavy atom. The van der Waals surface area contributed by atoms with Gasteiger partial charge in [-0.2, -0.15) is 0 Å². The van der Waals surface area contributed by atoms with E-state index in [9.17, 15) is 0 Å². The molecule has 0 aliphatic heterocycles. The summed E-state index contributed by atoms with van der Waals surface area (Å²) in [5.41, 5.74) is 0.940. The molecule has 1 aromatic rings. The van der Waals surface area contributed by atoms with E-state index >= 15 is 0 Å². The molecule has 0 spiro atoms. The fourth-order valence-electron chi connectivity index (χ4n) is 1.11. The van der Waals surface area contributed by atoms with Gasteiger partial charge in [0.15, 0.2) is 0 Å². The maximum absolute atomic E-state index is 9.15. The Kier molecular flexibility index (Phi) is 4.39. The highest BCUT2D eigenvalue weighted by atomic mass is 16.3. The molecule has 0 fully saturated rings. The highest BCUT2D eigenvalue weighted by molar-refractivity contribution is 5.26. The van der Waals surface area contributed by atoms with Gasteiger partial charge in [0.25, 0.3) is 0 Å². The van der Waals surface area contributed by atoms with Gasteiger partial charge in [-0.3, -0.25) is 0 Å². The number of hydrogen-bond donors (Lipinski definition) is 4. The molecule has 4 N–H and O–H groups in total. The lowest BCUT2D eigenvalue weighted by atomic mass is 10.2. The molecule has 0 unspecified atom stereocenters. The van der Waals surface area contributed by atoms with Crippen LogP contribution in [0.5, 0.6) is 5.75 Å². The molecule has 4 heteroatoms. The standard InChI is InChI=1S/C10H15NO3/c12-7-10(14)6-11-5-8-2-1-3-9(13)4-8/h1-4,10-14H,5-7H2/t10-/m1/s1. The Bertz CT molecular complexity index is 278. The van der Waals surface area contributed by atoms with E-state index in [1.54, 1.807) is 18.2 Å². The van der Waals surface area contributed by atoms with E-state index in [0.29, 0.717) is 13.1 Å². The summed E-state index contributed by atoms with van der Waals surface area (Å²) >= 11 is 0. The number of phenols is 1. The molecule has 1 atom stereocenters. The van der Waals surface area contributed by atoms with Crippen LogP contribution in [0.1, 0.15) is 5.56 Å². The number of hydrogen-bond acceptors (Lipinski definition) is 4. The first-order valence-corrected chi connectivity index (χ1v) is 4.50. The molecule has 0 amide bonds. The van der Waals surface area contributed by atoms with Crippen LogP contribution in [-0.4, -0.2) is 34.6 Å². The van der Waals surface area contributed by atoms with E-state index in [4.69, 9.17) is 15.3 Å². The number of rotatable bonds is 5. The second-order valence-electron chi connectivity index (χ2n) is 3.14. The van der Waals surface area contributed by atoms with Gasteiger partial charge in [0, 0.05) is 13.1 Å². The van der Waals surface area contributed by atoms with Gasteiger partial charge in [-0.15, -0.1) is 0 Å². The lowest BCUT2D eigenvalue weighted by Gasteiger charge is -2.08. The minimum atomic E-state index is -0.729. The van der Waals surface area contributed by atoms with Gasteiger partial charge in [-0.1, -0.05) is 12.1 Å². The number of phenolic OH excluding ortho intramolecular Hbond substituents is 1. The van der Waals surface area contributed by atoms with Gasteiger partial charge < -0.3 is 20.6 Å². The Morgan fingerprint density at radius 1 is 1.36 bits per heavy atom. The van der Waals surface area contributed by atoms with Crippen LogP contribution in [0.15, 0.2) is 24.3 Å². The fourth-order valence-corrected chi connectivity index (χ4v) is 1.11. The minimum Gasteiger partial charge on any atom is -0.508 e. The lowest BCUT2D eigenvalue weighted by Crippen LogP contribution is -2.28. The van der Waals surface area contributed by atoms with Crippen LogP contribution < -0.4 is 5.32 Å². The maximum Gasteiger partial charge on any atom is 0.115 e. The van der Waals surface area contributed by atoms with Crippen molar-refractivity contribution in [3.63, 3.8) is 0 Å². The molecular formula is C10H15NO3. The molecule has 0 saturated carbocycles. The molecule has 0 heterocycles. The van der Waals surface area contributed by atoms with Crippen LogP contribution in [0.3, 0.4) is 0 Å². The number of benzene rings is 1. The third kappa shape index (κ3) is 3.74. The van der Waals surface area contributed by atoms with Crippen LogP contribution in [0.2, 0.25) is 0 Å². The highest BCUT2D eigenvalue weighted by Crippen LogP contribution is 2.10. The van der Waals surface area contributed by atoms with Crippen LogP contribution in [0.25, 0.3) is 0 Å². The van der Waals surface area contributed by atoms with E-state index < -0.39 is 6.10 Å². The quantitative estimate of drug-likeness (QED) is 0.529. The van der Waals surface area contributed by atoms with Gasteiger partial charge in [-0.05, 0) is 17.7 Å². The zero-order valence-corrected chi connectivity index (χ0v) is 7.85. The van der Waals surface area contributed by atoms with E-state index in [1.807, 2.05) is 6.07 Å². The van der Waals surface area contributed by atoms with Crippen molar-refractivity contribution in [1.29, 1.82) is 0 Å². The molecule has 1 aromatic carbocycles. The number of nitrogens with one attached hydrogen (secondary N) is 1. The molecular weight excluding hydrogens is 182 g/mol. The van der Waals surface area contributed by atoms with Crippen molar-refractivity contribution in [2.75, 3.05) is 13.2 Å². The van der Waals surface area contributed by atoms with Crippen molar-refractivity contribution >= 4 is 0 Å². The van der Waals surface area contributed by atoms with Crippen molar-refractivity contribution in [2.45, 2.75) is 12.6 Å². The molecule has 0 radical (unpaired) electrons. The van der Waals surface area contributed by atoms with Crippen LogP contribution in [0, 0.1) is 0 Å². The average Bonchev–Trinajstić information content (AvgIpc) is 2.17. The van der Waals surface area contributed by atoms with Gasteiger partial charge in [0.1, 0.15) is 5.75 Å². The van der Waals surface area contributed by atoms with E-state index in [0.717, 1.165) is 5.56 Å². The van der Waals surface area contributed by atoms with Gasteiger partial charge >= 0.3 is 0 Å². The van der Waals surface area contributed by atoms with E-state index in [1.165, 1.54) is 0 Å². The summed E-state index contributed by atoms with van der Waals surface area (Å²) < 4.78 is 0. The summed E-state index contributed by atoms with van der Waals surface area (Å²) in [6.07, 6.45) is -0.729. The van der Waals surface area contributed by atoms with Crippen molar-refractivity contribution in [3.05, 3.63) is 29.8 Å². The summed E-state index contributed by atoms with van der Waals surface area (Å²) in [5, 5.41) is 29.7. The van der Waals surface area contributed by atoms with Crippen molar-refractivity contribution in [2.24, 2.45) is 0 Å². The third-order valence-electron chi connectivity index (χ3n) is 1.83. The molecule has 4 nitrogen and oxygen atoms in total. The fraction of sp³-hybridized carbons (Fsp3) is 0.400. The van der Waals surface area contributed by atoms with Gasteiger partial charge in [0.2, 0.25) is 0 Å². The molecule has 0 aliphatic carbocycles. The monoisotopic (exact) mass is 197 g/mol. The number of aliphatic hydroxyl groups excluding tert-OH is 2. The first-order valence-electron chi connectivity index (χ1n) is 4.50. The van der Waals surface area contributed by atoms with E-state index in [-0.39, 0.29) is 12.4 Å². The average molecular weight is 197 g/mol. The third-order valence-corrected chi connectivity index (χ3v) is 1.83. The molecule has 0 aromatic heterocycles. The largest absolute Gasteiger partial charge is 0.508 e. The second-order valence-corrected chi connectivity index (χ2v) is 3.14. The first kappa shape index (κ1) is 11.0.